The summed E-state index contributed by atoms with van der Waals surface area (Å²) < 4.78 is 20.0. The SMILES string of the molecule is C[C@@H]1CN([C@H](C)CO)C(=O)c2cc(C3=CCCC3)cnc2O[C@@H]1CN(C)Cc1cccc(F)c1. The van der Waals surface area contributed by atoms with Gasteiger partial charge in [-0.2, -0.15) is 0 Å². The van der Waals surface area contributed by atoms with E-state index in [0.717, 1.165) is 30.4 Å². The molecule has 2 aliphatic rings. The smallest absolute Gasteiger partial charge is 0.259 e. The number of likely N-dealkylation sites (N-methyl/N-ethyl adjacent to an activating group) is 1. The standard InChI is InChI=1S/C27H34FN3O3/c1-18-14-31(19(2)17-32)27(33)24-12-22(21-8-4-5-9-21)13-29-26(24)34-25(18)16-30(3)15-20-7-6-10-23(28)11-20/h6-8,10-13,18-19,25,32H,4-5,9,14-17H2,1-3H3/t18-,19-,25-/m1/s1. The molecule has 182 valence electrons. The molecule has 1 aliphatic heterocycles. The first-order chi connectivity index (χ1) is 16.4. The Kier molecular flexibility index (Phi) is 7.63. The van der Waals surface area contributed by atoms with E-state index in [1.165, 1.54) is 11.6 Å². The average molecular weight is 468 g/mol. The molecule has 2 aromatic rings. The molecule has 0 radical (unpaired) electrons. The third-order valence-electron chi connectivity index (χ3n) is 6.77. The number of aliphatic hydroxyl groups is 1. The van der Waals surface area contributed by atoms with Crippen LogP contribution in [-0.2, 0) is 6.54 Å². The van der Waals surface area contributed by atoms with Crippen LogP contribution in [-0.4, -0.2) is 64.7 Å². The van der Waals surface area contributed by atoms with Crippen molar-refractivity contribution in [3.63, 3.8) is 0 Å². The zero-order valence-corrected chi connectivity index (χ0v) is 20.2. The maximum Gasteiger partial charge on any atom is 0.259 e. The number of aromatic nitrogens is 1. The molecule has 1 amide bonds. The number of fused-ring (bicyclic) bond motifs is 1. The summed E-state index contributed by atoms with van der Waals surface area (Å²) in [5.74, 6) is -0.0823. The van der Waals surface area contributed by atoms with E-state index in [9.17, 15) is 14.3 Å². The van der Waals surface area contributed by atoms with Gasteiger partial charge in [-0.1, -0.05) is 25.1 Å². The second-order valence-electron chi connectivity index (χ2n) is 9.65. The highest BCUT2D eigenvalue weighted by Gasteiger charge is 2.34. The molecule has 7 heteroatoms. The Balaban J connectivity index is 1.62. The second-order valence-corrected chi connectivity index (χ2v) is 9.65. The van der Waals surface area contributed by atoms with E-state index in [4.69, 9.17) is 4.74 Å². The fourth-order valence-corrected chi connectivity index (χ4v) is 4.75. The van der Waals surface area contributed by atoms with E-state index >= 15 is 0 Å². The lowest BCUT2D eigenvalue weighted by Gasteiger charge is -2.37. The van der Waals surface area contributed by atoms with Gasteiger partial charge in [0.2, 0.25) is 5.88 Å². The van der Waals surface area contributed by atoms with Gasteiger partial charge in [-0.25, -0.2) is 9.37 Å². The Bertz CT molecular complexity index is 1060. The first-order valence-corrected chi connectivity index (χ1v) is 12.1. The normalized spacial score (nSPS) is 21.5. The van der Waals surface area contributed by atoms with Gasteiger partial charge in [-0.3, -0.25) is 9.69 Å². The number of carbonyl (C=O) groups is 1. The summed E-state index contributed by atoms with van der Waals surface area (Å²) >= 11 is 0. The van der Waals surface area contributed by atoms with Crippen molar-refractivity contribution in [3.05, 3.63) is 65.1 Å². The number of hydrogen-bond donors (Lipinski definition) is 1. The van der Waals surface area contributed by atoms with Gasteiger partial charge in [0.05, 0.1) is 12.6 Å². The summed E-state index contributed by atoms with van der Waals surface area (Å²) in [4.78, 5) is 21.9. The highest BCUT2D eigenvalue weighted by Crippen LogP contribution is 2.32. The molecule has 1 N–H and O–H groups in total. The molecule has 0 fully saturated rings. The van der Waals surface area contributed by atoms with Crippen molar-refractivity contribution in [1.29, 1.82) is 0 Å². The molecule has 0 unspecified atom stereocenters. The fraction of sp³-hybridized carbons (Fsp3) is 0.481. The minimum Gasteiger partial charge on any atom is -0.472 e. The number of ether oxygens (including phenoxy) is 1. The fourth-order valence-electron chi connectivity index (χ4n) is 4.75. The Labute approximate surface area is 201 Å². The van der Waals surface area contributed by atoms with Crippen LogP contribution in [0.3, 0.4) is 0 Å². The average Bonchev–Trinajstić information content (AvgIpc) is 3.35. The van der Waals surface area contributed by atoms with Gasteiger partial charge in [0.1, 0.15) is 17.5 Å². The number of halogens is 1. The molecule has 0 bridgehead atoms. The summed E-state index contributed by atoms with van der Waals surface area (Å²) in [5.41, 5.74) is 3.50. The van der Waals surface area contributed by atoms with Crippen molar-refractivity contribution in [2.45, 2.75) is 51.8 Å². The molecule has 2 heterocycles. The van der Waals surface area contributed by atoms with Crippen LogP contribution in [0.25, 0.3) is 5.57 Å². The minimum absolute atomic E-state index is 0.0000708. The van der Waals surface area contributed by atoms with Crippen molar-refractivity contribution in [2.75, 3.05) is 26.7 Å². The Hall–Kier alpha value is -2.77. The molecule has 3 atom stereocenters. The van der Waals surface area contributed by atoms with E-state index < -0.39 is 0 Å². The Morgan fingerprint density at radius 3 is 2.88 bits per heavy atom. The van der Waals surface area contributed by atoms with Gasteiger partial charge < -0.3 is 14.7 Å². The largest absolute Gasteiger partial charge is 0.472 e. The van der Waals surface area contributed by atoms with Gasteiger partial charge >= 0.3 is 0 Å². The molecule has 1 aromatic heterocycles. The first kappa shape index (κ1) is 24.4. The van der Waals surface area contributed by atoms with Crippen molar-refractivity contribution in [2.24, 2.45) is 5.92 Å². The summed E-state index contributed by atoms with van der Waals surface area (Å²) in [5, 5.41) is 9.84. The number of pyridine rings is 1. The maximum absolute atomic E-state index is 13.6. The van der Waals surface area contributed by atoms with Gasteiger partial charge in [0.15, 0.2) is 0 Å². The highest BCUT2D eigenvalue weighted by atomic mass is 19.1. The summed E-state index contributed by atoms with van der Waals surface area (Å²) in [6.45, 7) is 5.42. The second kappa shape index (κ2) is 10.7. The van der Waals surface area contributed by atoms with Crippen LogP contribution in [0.5, 0.6) is 5.88 Å². The molecule has 0 spiro atoms. The summed E-state index contributed by atoms with van der Waals surface area (Å²) in [7, 11) is 1.98. The molecular formula is C27H34FN3O3. The lowest BCUT2D eigenvalue weighted by atomic mass is 9.99. The summed E-state index contributed by atoms with van der Waals surface area (Å²) in [6, 6.07) is 8.17. The van der Waals surface area contributed by atoms with E-state index in [1.807, 2.05) is 33.0 Å². The number of nitrogens with zero attached hydrogens (tertiary/aromatic N) is 3. The van der Waals surface area contributed by atoms with E-state index in [1.54, 1.807) is 23.2 Å². The number of rotatable bonds is 7. The molecule has 4 rings (SSSR count). The number of benzene rings is 1. The quantitative estimate of drug-likeness (QED) is 0.663. The van der Waals surface area contributed by atoms with Crippen LogP contribution in [0.4, 0.5) is 4.39 Å². The van der Waals surface area contributed by atoms with Gasteiger partial charge in [-0.15, -0.1) is 0 Å². The summed E-state index contributed by atoms with van der Waals surface area (Å²) in [6.07, 6.45) is 6.91. The monoisotopic (exact) mass is 467 g/mol. The number of aliphatic hydroxyl groups excluding tert-OH is 1. The third kappa shape index (κ3) is 5.47. The molecule has 1 aromatic carbocycles. The molecule has 0 saturated heterocycles. The predicted molar refractivity (Wildman–Crippen MR) is 130 cm³/mol. The van der Waals surface area contributed by atoms with Crippen LogP contribution >= 0.6 is 0 Å². The first-order valence-electron chi connectivity index (χ1n) is 12.1. The molecular weight excluding hydrogens is 433 g/mol. The minimum atomic E-state index is -0.319. The lowest BCUT2D eigenvalue weighted by Crippen LogP contribution is -2.49. The topological polar surface area (TPSA) is 65.9 Å². The molecule has 6 nitrogen and oxygen atoms in total. The Morgan fingerprint density at radius 1 is 1.35 bits per heavy atom. The van der Waals surface area contributed by atoms with Crippen LogP contribution in [0.2, 0.25) is 0 Å². The van der Waals surface area contributed by atoms with Crippen molar-refractivity contribution in [3.8, 4) is 5.88 Å². The van der Waals surface area contributed by atoms with Crippen LogP contribution in [0.15, 0.2) is 42.6 Å². The van der Waals surface area contributed by atoms with Gasteiger partial charge in [-0.05, 0) is 68.1 Å². The third-order valence-corrected chi connectivity index (χ3v) is 6.77. The van der Waals surface area contributed by atoms with Crippen LogP contribution in [0, 0.1) is 11.7 Å². The molecule has 34 heavy (non-hydrogen) atoms. The van der Waals surface area contributed by atoms with E-state index in [0.29, 0.717) is 31.1 Å². The zero-order chi connectivity index (χ0) is 24.2. The molecule has 0 saturated carbocycles. The van der Waals surface area contributed by atoms with Crippen LogP contribution in [0.1, 0.15) is 54.6 Å². The molecule has 1 aliphatic carbocycles. The van der Waals surface area contributed by atoms with Crippen molar-refractivity contribution >= 4 is 11.5 Å². The zero-order valence-electron chi connectivity index (χ0n) is 20.2. The number of allylic oxidation sites excluding steroid dienone is 2. The van der Waals surface area contributed by atoms with Gasteiger partial charge in [0, 0.05) is 31.7 Å². The van der Waals surface area contributed by atoms with E-state index in [2.05, 4.69) is 16.0 Å². The number of hydrogen-bond acceptors (Lipinski definition) is 5. The lowest BCUT2D eigenvalue weighted by molar-refractivity contribution is 0.0325. The van der Waals surface area contributed by atoms with Crippen LogP contribution < -0.4 is 4.74 Å². The van der Waals surface area contributed by atoms with Gasteiger partial charge in [0.25, 0.3) is 5.91 Å². The number of amides is 1. The predicted octanol–water partition coefficient (Wildman–Crippen LogP) is 4.14. The number of carbonyl (C=O) groups excluding carboxylic acids is 1. The van der Waals surface area contributed by atoms with Crippen molar-refractivity contribution < 1.29 is 19.0 Å². The Morgan fingerprint density at radius 2 is 2.18 bits per heavy atom. The van der Waals surface area contributed by atoms with Crippen molar-refractivity contribution in [1.82, 2.24) is 14.8 Å². The van der Waals surface area contributed by atoms with E-state index in [-0.39, 0.29) is 36.4 Å². The highest BCUT2D eigenvalue weighted by molar-refractivity contribution is 5.97. The maximum atomic E-state index is 13.6.